The van der Waals surface area contributed by atoms with Gasteiger partial charge in [-0.05, 0) is 65.7 Å². The molecule has 114 valence electrons. The molecule has 1 rings (SSSR count). The summed E-state index contributed by atoms with van der Waals surface area (Å²) < 4.78 is 0. The molecule has 0 aromatic carbocycles. The Morgan fingerprint density at radius 3 is 2.26 bits per heavy atom. The molecule has 0 heterocycles. The van der Waals surface area contributed by atoms with Crippen molar-refractivity contribution in [3.8, 4) is 0 Å². The molecule has 1 fully saturated rings. The molecule has 3 nitrogen and oxygen atoms in total. The Morgan fingerprint density at radius 2 is 1.79 bits per heavy atom. The van der Waals surface area contributed by atoms with E-state index in [1.54, 1.807) is 0 Å². The van der Waals surface area contributed by atoms with Crippen molar-refractivity contribution in [2.45, 2.75) is 51.5 Å². The number of rotatable bonds is 10. The maximum atomic E-state index is 3.57. The zero-order valence-electron chi connectivity index (χ0n) is 13.8. The van der Waals surface area contributed by atoms with Gasteiger partial charge in [0.25, 0.3) is 0 Å². The van der Waals surface area contributed by atoms with Gasteiger partial charge >= 0.3 is 0 Å². The lowest BCUT2D eigenvalue weighted by atomic mass is 9.75. The highest BCUT2D eigenvalue weighted by Gasteiger charge is 2.39. The van der Waals surface area contributed by atoms with Gasteiger partial charge in [0.05, 0.1) is 0 Å². The first kappa shape index (κ1) is 16.9. The minimum Gasteiger partial charge on any atom is -0.315 e. The molecule has 19 heavy (non-hydrogen) atoms. The van der Waals surface area contributed by atoms with Gasteiger partial charge in [0.1, 0.15) is 0 Å². The van der Waals surface area contributed by atoms with Crippen LogP contribution in [0, 0.1) is 5.92 Å². The minimum atomic E-state index is 0.465. The van der Waals surface area contributed by atoms with E-state index in [-0.39, 0.29) is 0 Å². The molecule has 0 unspecified atom stereocenters. The van der Waals surface area contributed by atoms with E-state index in [0.29, 0.717) is 5.54 Å². The third-order valence-electron chi connectivity index (χ3n) is 4.60. The highest BCUT2D eigenvalue weighted by Crippen LogP contribution is 2.36. The molecular weight excluding hydrogens is 234 g/mol. The van der Waals surface area contributed by atoms with E-state index < -0.39 is 0 Å². The molecule has 0 amide bonds. The number of nitrogens with zero attached hydrogens (tertiary/aromatic N) is 2. The number of hydrogen-bond donors (Lipinski definition) is 1. The first-order chi connectivity index (χ1) is 8.96. The maximum absolute atomic E-state index is 3.57. The molecular formula is C16H35N3. The third-order valence-corrected chi connectivity index (χ3v) is 4.60. The highest BCUT2D eigenvalue weighted by molar-refractivity contribution is 4.97. The van der Waals surface area contributed by atoms with Crippen LogP contribution < -0.4 is 5.32 Å². The van der Waals surface area contributed by atoms with E-state index in [9.17, 15) is 0 Å². The molecule has 0 aromatic rings. The van der Waals surface area contributed by atoms with Crippen molar-refractivity contribution in [1.29, 1.82) is 0 Å². The van der Waals surface area contributed by atoms with Crippen LogP contribution in [0.4, 0.5) is 0 Å². The molecule has 0 spiro atoms. The van der Waals surface area contributed by atoms with E-state index in [2.05, 4.69) is 50.1 Å². The van der Waals surface area contributed by atoms with Crippen molar-refractivity contribution in [3.63, 3.8) is 0 Å². The van der Waals surface area contributed by atoms with Crippen molar-refractivity contribution in [2.75, 3.05) is 47.3 Å². The fraction of sp³-hybridized carbons (Fsp3) is 1.00. The van der Waals surface area contributed by atoms with Crippen LogP contribution in [0.5, 0.6) is 0 Å². The number of hydrogen-bond acceptors (Lipinski definition) is 3. The summed E-state index contributed by atoms with van der Waals surface area (Å²) in [6.07, 6.45) is 6.79. The van der Waals surface area contributed by atoms with Gasteiger partial charge in [-0.3, -0.25) is 0 Å². The lowest BCUT2D eigenvalue weighted by Crippen LogP contribution is -2.57. The van der Waals surface area contributed by atoms with Crippen LogP contribution in [0.3, 0.4) is 0 Å². The van der Waals surface area contributed by atoms with Crippen LogP contribution in [-0.4, -0.2) is 62.7 Å². The Balaban J connectivity index is 2.06. The quantitative estimate of drug-likeness (QED) is 0.615. The Hall–Kier alpha value is -0.120. The SMILES string of the molecule is CC(C)CCCNCCN(C)CC1(N(C)C)CCC1. The summed E-state index contributed by atoms with van der Waals surface area (Å²) >= 11 is 0. The van der Waals surface area contributed by atoms with Crippen LogP contribution in [0.1, 0.15) is 46.0 Å². The van der Waals surface area contributed by atoms with Gasteiger partial charge in [-0.2, -0.15) is 0 Å². The van der Waals surface area contributed by atoms with Crippen molar-refractivity contribution in [1.82, 2.24) is 15.1 Å². The second-order valence-corrected chi connectivity index (χ2v) is 7.00. The molecule has 3 heteroatoms. The fourth-order valence-electron chi connectivity index (χ4n) is 2.94. The Bertz CT molecular complexity index is 234. The smallest absolute Gasteiger partial charge is 0.0330 e. The van der Waals surface area contributed by atoms with Crippen molar-refractivity contribution in [3.05, 3.63) is 0 Å². The topological polar surface area (TPSA) is 18.5 Å². The third kappa shape index (κ3) is 5.80. The average Bonchev–Trinajstić information content (AvgIpc) is 2.27. The zero-order valence-corrected chi connectivity index (χ0v) is 13.8. The van der Waals surface area contributed by atoms with Crippen LogP contribution in [0.15, 0.2) is 0 Å². The van der Waals surface area contributed by atoms with Crippen molar-refractivity contribution >= 4 is 0 Å². The second-order valence-electron chi connectivity index (χ2n) is 7.00. The standard InChI is InChI=1S/C16H35N3/c1-15(2)8-6-11-17-12-13-19(5)14-16(18(3)4)9-7-10-16/h15,17H,6-14H2,1-5H3. The Kier molecular flexibility index (Phi) is 7.33. The summed E-state index contributed by atoms with van der Waals surface area (Å²) in [5, 5.41) is 3.57. The summed E-state index contributed by atoms with van der Waals surface area (Å²) in [6.45, 7) is 9.27. The molecule has 1 saturated carbocycles. The monoisotopic (exact) mass is 269 g/mol. The van der Waals surface area contributed by atoms with Crippen LogP contribution in [-0.2, 0) is 0 Å². The average molecular weight is 269 g/mol. The Labute approximate surface area is 120 Å². The fourth-order valence-corrected chi connectivity index (χ4v) is 2.94. The highest BCUT2D eigenvalue weighted by atomic mass is 15.2. The Morgan fingerprint density at radius 1 is 1.11 bits per heavy atom. The van der Waals surface area contributed by atoms with Gasteiger partial charge in [-0.15, -0.1) is 0 Å². The predicted molar refractivity (Wildman–Crippen MR) is 84.7 cm³/mol. The first-order valence-electron chi connectivity index (χ1n) is 8.03. The van der Waals surface area contributed by atoms with Crippen LogP contribution in [0.2, 0.25) is 0 Å². The first-order valence-corrected chi connectivity index (χ1v) is 8.03. The van der Waals surface area contributed by atoms with Gasteiger partial charge in [-0.25, -0.2) is 0 Å². The van der Waals surface area contributed by atoms with Gasteiger partial charge < -0.3 is 15.1 Å². The number of likely N-dealkylation sites (N-methyl/N-ethyl adjacent to an activating group) is 2. The zero-order chi connectivity index (χ0) is 14.3. The van der Waals surface area contributed by atoms with Gasteiger partial charge in [0, 0.05) is 25.2 Å². The van der Waals surface area contributed by atoms with Gasteiger partial charge in [0.15, 0.2) is 0 Å². The molecule has 0 atom stereocenters. The van der Waals surface area contributed by atoms with Gasteiger partial charge in [-0.1, -0.05) is 13.8 Å². The minimum absolute atomic E-state index is 0.465. The predicted octanol–water partition coefficient (Wildman–Crippen LogP) is 2.43. The summed E-state index contributed by atoms with van der Waals surface area (Å²) in [5.41, 5.74) is 0.465. The van der Waals surface area contributed by atoms with Crippen molar-refractivity contribution < 1.29 is 0 Å². The summed E-state index contributed by atoms with van der Waals surface area (Å²) in [5.74, 6) is 0.836. The molecule has 0 radical (unpaired) electrons. The van der Waals surface area contributed by atoms with E-state index in [4.69, 9.17) is 0 Å². The normalized spacial score (nSPS) is 18.3. The lowest BCUT2D eigenvalue weighted by Gasteiger charge is -2.49. The lowest BCUT2D eigenvalue weighted by molar-refractivity contribution is 0.0282. The van der Waals surface area contributed by atoms with E-state index in [1.807, 2.05) is 0 Å². The van der Waals surface area contributed by atoms with Gasteiger partial charge in [0.2, 0.25) is 0 Å². The summed E-state index contributed by atoms with van der Waals surface area (Å²) in [4.78, 5) is 4.93. The molecule has 0 saturated heterocycles. The largest absolute Gasteiger partial charge is 0.315 e. The molecule has 1 N–H and O–H groups in total. The number of nitrogens with one attached hydrogen (secondary N) is 1. The molecule has 1 aliphatic carbocycles. The molecule has 0 aliphatic heterocycles. The summed E-state index contributed by atoms with van der Waals surface area (Å²) in [6, 6.07) is 0. The maximum Gasteiger partial charge on any atom is 0.0330 e. The van der Waals surface area contributed by atoms with Crippen LogP contribution >= 0.6 is 0 Å². The molecule has 0 aromatic heterocycles. The van der Waals surface area contributed by atoms with E-state index in [0.717, 1.165) is 19.0 Å². The molecule has 0 bridgehead atoms. The van der Waals surface area contributed by atoms with E-state index in [1.165, 1.54) is 45.2 Å². The van der Waals surface area contributed by atoms with Crippen LogP contribution in [0.25, 0.3) is 0 Å². The van der Waals surface area contributed by atoms with E-state index >= 15 is 0 Å². The molecule has 1 aliphatic rings. The second kappa shape index (κ2) is 8.23. The summed E-state index contributed by atoms with van der Waals surface area (Å²) in [7, 11) is 6.73. The van der Waals surface area contributed by atoms with Crippen molar-refractivity contribution in [2.24, 2.45) is 5.92 Å².